The number of ether oxygens (including phenoxy) is 1. The van der Waals surface area contributed by atoms with Crippen LogP contribution in [0.1, 0.15) is 53.4 Å². The highest BCUT2D eigenvalue weighted by Gasteiger charge is 2.27. The van der Waals surface area contributed by atoms with Crippen molar-refractivity contribution in [2.24, 2.45) is 5.92 Å². The lowest BCUT2D eigenvalue weighted by Gasteiger charge is -2.30. The molecule has 1 saturated carbocycles. The predicted octanol–water partition coefficient (Wildman–Crippen LogP) is 2.84. The summed E-state index contributed by atoms with van der Waals surface area (Å²) in [5.41, 5.74) is 0. The zero-order chi connectivity index (χ0) is 12.8. The molecule has 0 aromatic carbocycles. The van der Waals surface area contributed by atoms with Crippen molar-refractivity contribution in [1.82, 2.24) is 4.90 Å². The Kier molecular flexibility index (Phi) is 5.96. The minimum absolute atomic E-state index is 0.128. The van der Waals surface area contributed by atoms with Gasteiger partial charge >= 0.3 is 0 Å². The maximum absolute atomic E-state index is 12.2. The highest BCUT2D eigenvalue weighted by molar-refractivity contribution is 5.77. The van der Waals surface area contributed by atoms with Crippen LogP contribution < -0.4 is 0 Å². The van der Waals surface area contributed by atoms with Gasteiger partial charge in [-0.15, -0.1) is 0 Å². The van der Waals surface area contributed by atoms with Crippen LogP contribution in [0.2, 0.25) is 0 Å². The number of carbonyl (C=O) groups is 1. The topological polar surface area (TPSA) is 29.5 Å². The Morgan fingerprint density at radius 2 is 1.82 bits per heavy atom. The lowest BCUT2D eigenvalue weighted by atomic mass is 10.1. The number of amides is 1. The number of nitrogens with zero attached hydrogens (tertiary/aromatic N) is 1. The Morgan fingerprint density at radius 3 is 2.29 bits per heavy atom. The molecular formula is C14H27NO2. The average Bonchev–Trinajstić information content (AvgIpc) is 2.75. The predicted molar refractivity (Wildman–Crippen MR) is 69.9 cm³/mol. The van der Waals surface area contributed by atoms with Crippen molar-refractivity contribution >= 4 is 5.91 Å². The molecule has 100 valence electrons. The standard InChI is InChI=1S/C14H27NO2/c1-11(2)9-15(13-7-5-6-8-13)14(16)10-17-12(3)4/h11-13H,5-10H2,1-4H3. The quantitative estimate of drug-likeness (QED) is 0.715. The van der Waals surface area contributed by atoms with Crippen LogP contribution >= 0.6 is 0 Å². The first-order chi connectivity index (χ1) is 8.00. The van der Waals surface area contributed by atoms with E-state index in [9.17, 15) is 4.79 Å². The van der Waals surface area contributed by atoms with Crippen LogP contribution in [0.25, 0.3) is 0 Å². The summed E-state index contributed by atoms with van der Waals surface area (Å²) in [4.78, 5) is 14.2. The van der Waals surface area contributed by atoms with E-state index in [1.165, 1.54) is 25.7 Å². The maximum atomic E-state index is 12.2. The molecule has 0 N–H and O–H groups in total. The number of hydrogen-bond acceptors (Lipinski definition) is 2. The van der Waals surface area contributed by atoms with Gasteiger partial charge in [-0.3, -0.25) is 4.79 Å². The zero-order valence-corrected chi connectivity index (χ0v) is 11.7. The van der Waals surface area contributed by atoms with Gasteiger partial charge in [0.25, 0.3) is 0 Å². The summed E-state index contributed by atoms with van der Waals surface area (Å²) in [6.45, 7) is 9.37. The molecule has 3 heteroatoms. The van der Waals surface area contributed by atoms with E-state index in [1.807, 2.05) is 13.8 Å². The largest absolute Gasteiger partial charge is 0.369 e. The second-order valence-corrected chi connectivity index (χ2v) is 5.74. The van der Waals surface area contributed by atoms with E-state index in [0.29, 0.717) is 12.0 Å². The Balaban J connectivity index is 2.51. The molecule has 0 aliphatic heterocycles. The molecule has 0 atom stereocenters. The van der Waals surface area contributed by atoms with Crippen LogP contribution in [0, 0.1) is 5.92 Å². The van der Waals surface area contributed by atoms with Gasteiger partial charge in [0, 0.05) is 12.6 Å². The van der Waals surface area contributed by atoms with E-state index in [1.54, 1.807) is 0 Å². The van der Waals surface area contributed by atoms with E-state index in [-0.39, 0.29) is 18.6 Å². The summed E-state index contributed by atoms with van der Waals surface area (Å²) in [7, 11) is 0. The molecule has 17 heavy (non-hydrogen) atoms. The second kappa shape index (κ2) is 7.00. The molecule has 1 fully saturated rings. The Labute approximate surface area is 106 Å². The Hall–Kier alpha value is -0.570. The van der Waals surface area contributed by atoms with Crippen molar-refractivity contribution < 1.29 is 9.53 Å². The number of carbonyl (C=O) groups excluding carboxylic acids is 1. The van der Waals surface area contributed by atoms with E-state index in [0.717, 1.165) is 6.54 Å². The number of hydrogen-bond donors (Lipinski definition) is 0. The minimum atomic E-state index is 0.128. The summed E-state index contributed by atoms with van der Waals surface area (Å²) in [5.74, 6) is 0.692. The van der Waals surface area contributed by atoms with Gasteiger partial charge in [-0.05, 0) is 32.6 Å². The summed E-state index contributed by atoms with van der Waals surface area (Å²) >= 11 is 0. The van der Waals surface area contributed by atoms with Gasteiger partial charge in [0.2, 0.25) is 5.91 Å². The molecule has 0 bridgehead atoms. The van der Waals surface area contributed by atoms with Gasteiger partial charge in [-0.25, -0.2) is 0 Å². The molecule has 0 heterocycles. The smallest absolute Gasteiger partial charge is 0.248 e. The molecule has 0 spiro atoms. The molecule has 1 aliphatic rings. The van der Waals surface area contributed by atoms with Crippen molar-refractivity contribution in [3.8, 4) is 0 Å². The fourth-order valence-electron chi connectivity index (χ4n) is 2.38. The maximum Gasteiger partial charge on any atom is 0.248 e. The van der Waals surface area contributed by atoms with Crippen molar-refractivity contribution in [2.75, 3.05) is 13.2 Å². The van der Waals surface area contributed by atoms with Crippen molar-refractivity contribution in [3.63, 3.8) is 0 Å². The van der Waals surface area contributed by atoms with Gasteiger partial charge in [0.15, 0.2) is 0 Å². The SMILES string of the molecule is CC(C)CN(C(=O)COC(C)C)C1CCCC1. The van der Waals surface area contributed by atoms with Crippen LogP contribution in [0.4, 0.5) is 0 Å². The van der Waals surface area contributed by atoms with E-state index in [2.05, 4.69) is 18.7 Å². The van der Waals surface area contributed by atoms with E-state index < -0.39 is 0 Å². The lowest BCUT2D eigenvalue weighted by molar-refractivity contribution is -0.140. The minimum Gasteiger partial charge on any atom is -0.369 e. The van der Waals surface area contributed by atoms with Gasteiger partial charge in [-0.1, -0.05) is 26.7 Å². The third-order valence-corrected chi connectivity index (χ3v) is 3.19. The summed E-state index contributed by atoms with van der Waals surface area (Å²) in [5, 5.41) is 0. The van der Waals surface area contributed by atoms with E-state index in [4.69, 9.17) is 4.74 Å². The molecule has 0 aromatic heterocycles. The molecule has 0 aromatic rings. The third kappa shape index (κ3) is 5.07. The Bertz CT molecular complexity index is 232. The molecule has 1 amide bonds. The van der Waals surface area contributed by atoms with Crippen LogP contribution in [0.15, 0.2) is 0 Å². The zero-order valence-electron chi connectivity index (χ0n) is 11.7. The van der Waals surface area contributed by atoms with Crippen molar-refractivity contribution in [3.05, 3.63) is 0 Å². The van der Waals surface area contributed by atoms with Gasteiger partial charge in [0.1, 0.15) is 6.61 Å². The first-order valence-electron chi connectivity index (χ1n) is 6.91. The van der Waals surface area contributed by atoms with Crippen LogP contribution in [-0.4, -0.2) is 36.1 Å². The highest BCUT2D eigenvalue weighted by atomic mass is 16.5. The number of rotatable bonds is 6. The molecule has 1 rings (SSSR count). The summed E-state index contributed by atoms with van der Waals surface area (Å²) in [6.07, 6.45) is 4.98. The first kappa shape index (κ1) is 14.5. The molecule has 3 nitrogen and oxygen atoms in total. The summed E-state index contributed by atoms with van der Waals surface area (Å²) in [6, 6.07) is 0.459. The Morgan fingerprint density at radius 1 is 1.24 bits per heavy atom. The van der Waals surface area contributed by atoms with Crippen LogP contribution in [-0.2, 0) is 9.53 Å². The van der Waals surface area contributed by atoms with Gasteiger partial charge in [0.05, 0.1) is 6.10 Å². The van der Waals surface area contributed by atoms with Crippen LogP contribution in [0.5, 0.6) is 0 Å². The monoisotopic (exact) mass is 241 g/mol. The molecule has 1 aliphatic carbocycles. The van der Waals surface area contributed by atoms with Crippen molar-refractivity contribution in [1.29, 1.82) is 0 Å². The highest BCUT2D eigenvalue weighted by Crippen LogP contribution is 2.24. The normalized spacial score (nSPS) is 17.1. The van der Waals surface area contributed by atoms with E-state index >= 15 is 0 Å². The molecular weight excluding hydrogens is 214 g/mol. The molecule has 0 saturated heterocycles. The first-order valence-corrected chi connectivity index (χ1v) is 6.91. The fourth-order valence-corrected chi connectivity index (χ4v) is 2.38. The van der Waals surface area contributed by atoms with Gasteiger partial charge in [-0.2, -0.15) is 0 Å². The molecule has 0 unspecified atom stereocenters. The fraction of sp³-hybridized carbons (Fsp3) is 0.929. The lowest BCUT2D eigenvalue weighted by Crippen LogP contribution is -2.43. The third-order valence-electron chi connectivity index (χ3n) is 3.19. The van der Waals surface area contributed by atoms with Crippen molar-refractivity contribution in [2.45, 2.75) is 65.5 Å². The van der Waals surface area contributed by atoms with Crippen LogP contribution in [0.3, 0.4) is 0 Å². The van der Waals surface area contributed by atoms with Gasteiger partial charge < -0.3 is 9.64 Å². The summed E-state index contributed by atoms with van der Waals surface area (Å²) < 4.78 is 5.43. The second-order valence-electron chi connectivity index (χ2n) is 5.74. The average molecular weight is 241 g/mol. The molecule has 0 radical (unpaired) electrons.